The molecule has 0 aliphatic heterocycles. The van der Waals surface area contributed by atoms with Crippen molar-refractivity contribution < 1.29 is 4.74 Å². The largest absolute Gasteiger partial charge is 0.496 e. The highest BCUT2D eigenvalue weighted by Crippen LogP contribution is 2.33. The minimum atomic E-state index is 0.693. The number of pyridine rings is 1. The van der Waals surface area contributed by atoms with Crippen molar-refractivity contribution in [2.45, 2.75) is 13.8 Å². The van der Waals surface area contributed by atoms with Crippen LogP contribution in [0.1, 0.15) is 11.3 Å². The van der Waals surface area contributed by atoms with Crippen molar-refractivity contribution in [2.75, 3.05) is 7.11 Å². The third kappa shape index (κ3) is 1.65. The fourth-order valence-electron chi connectivity index (χ4n) is 1.69. The Bertz CT molecular complexity index is 523. The molecule has 1 aromatic heterocycles. The van der Waals surface area contributed by atoms with Crippen molar-refractivity contribution in [2.24, 2.45) is 0 Å². The SMILES string of the molecule is COc1ccc(C)c2nc(C)cc(Cl)c12. The Kier molecular flexibility index (Phi) is 2.53. The zero-order valence-electron chi connectivity index (χ0n) is 8.97. The van der Waals surface area contributed by atoms with Crippen LogP contribution in [-0.4, -0.2) is 12.1 Å². The molecule has 2 nitrogen and oxygen atoms in total. The predicted octanol–water partition coefficient (Wildman–Crippen LogP) is 3.51. The van der Waals surface area contributed by atoms with Crippen LogP contribution < -0.4 is 4.74 Å². The molecule has 1 heterocycles. The molecule has 3 heteroatoms. The number of rotatable bonds is 1. The number of ether oxygens (including phenoxy) is 1. The van der Waals surface area contributed by atoms with Crippen LogP contribution in [0.2, 0.25) is 5.02 Å². The van der Waals surface area contributed by atoms with Crippen LogP contribution in [0.5, 0.6) is 5.75 Å². The maximum Gasteiger partial charge on any atom is 0.129 e. The number of methoxy groups -OCH3 is 1. The predicted molar refractivity (Wildman–Crippen MR) is 62.8 cm³/mol. The van der Waals surface area contributed by atoms with Gasteiger partial charge in [-0.05, 0) is 31.5 Å². The summed E-state index contributed by atoms with van der Waals surface area (Å²) in [6.07, 6.45) is 0. The number of halogens is 1. The number of nitrogens with zero attached hydrogens (tertiary/aromatic N) is 1. The molecule has 0 fully saturated rings. The molecule has 0 N–H and O–H groups in total. The number of aromatic nitrogens is 1. The lowest BCUT2D eigenvalue weighted by molar-refractivity contribution is 0.419. The van der Waals surface area contributed by atoms with Gasteiger partial charge in [-0.1, -0.05) is 17.7 Å². The topological polar surface area (TPSA) is 22.1 Å². The molecule has 78 valence electrons. The van der Waals surface area contributed by atoms with Gasteiger partial charge in [0, 0.05) is 5.69 Å². The average Bonchev–Trinajstić information content (AvgIpc) is 2.19. The van der Waals surface area contributed by atoms with Gasteiger partial charge >= 0.3 is 0 Å². The fraction of sp³-hybridized carbons (Fsp3) is 0.250. The molecule has 2 rings (SSSR count). The molecule has 2 aromatic rings. The summed E-state index contributed by atoms with van der Waals surface area (Å²) in [6.45, 7) is 3.95. The third-order valence-corrected chi connectivity index (χ3v) is 2.72. The van der Waals surface area contributed by atoms with Crippen molar-refractivity contribution >= 4 is 22.5 Å². The second-order valence-electron chi connectivity index (χ2n) is 3.55. The first-order valence-corrected chi connectivity index (χ1v) is 5.11. The highest BCUT2D eigenvalue weighted by molar-refractivity contribution is 6.36. The summed E-state index contributed by atoms with van der Waals surface area (Å²) in [7, 11) is 1.64. The van der Waals surface area contributed by atoms with Crippen LogP contribution in [0, 0.1) is 13.8 Å². The summed E-state index contributed by atoms with van der Waals surface area (Å²) < 4.78 is 5.28. The Balaban J connectivity index is 2.93. The van der Waals surface area contributed by atoms with E-state index in [1.165, 1.54) is 0 Å². The second-order valence-corrected chi connectivity index (χ2v) is 3.96. The second kappa shape index (κ2) is 3.70. The molecule has 0 aliphatic carbocycles. The van der Waals surface area contributed by atoms with Gasteiger partial charge in [0.25, 0.3) is 0 Å². The summed E-state index contributed by atoms with van der Waals surface area (Å²) in [6, 6.07) is 5.76. The van der Waals surface area contributed by atoms with Crippen molar-refractivity contribution in [1.82, 2.24) is 4.98 Å². The van der Waals surface area contributed by atoms with Gasteiger partial charge in [0.05, 0.1) is 23.0 Å². The quantitative estimate of drug-likeness (QED) is 0.735. The molecule has 0 amide bonds. The normalized spacial score (nSPS) is 10.7. The molecule has 0 aliphatic rings. The Morgan fingerprint density at radius 1 is 1.27 bits per heavy atom. The number of hydrogen-bond acceptors (Lipinski definition) is 2. The molecule has 0 atom stereocenters. The van der Waals surface area contributed by atoms with Crippen LogP contribution >= 0.6 is 11.6 Å². The van der Waals surface area contributed by atoms with Crippen LogP contribution in [0.4, 0.5) is 0 Å². The lowest BCUT2D eigenvalue weighted by atomic mass is 10.1. The van der Waals surface area contributed by atoms with E-state index < -0.39 is 0 Å². The lowest BCUT2D eigenvalue weighted by Crippen LogP contribution is -1.92. The van der Waals surface area contributed by atoms with E-state index in [1.54, 1.807) is 7.11 Å². The molecule has 0 bridgehead atoms. The van der Waals surface area contributed by atoms with Gasteiger partial charge < -0.3 is 4.74 Å². The molecular weight excluding hydrogens is 210 g/mol. The van der Waals surface area contributed by atoms with Gasteiger partial charge in [0.1, 0.15) is 5.75 Å². The zero-order chi connectivity index (χ0) is 11.0. The van der Waals surface area contributed by atoms with E-state index in [0.29, 0.717) is 5.02 Å². The molecule has 0 saturated heterocycles. The Labute approximate surface area is 93.8 Å². The zero-order valence-corrected chi connectivity index (χ0v) is 9.72. The fourth-order valence-corrected chi connectivity index (χ4v) is 2.03. The molecule has 0 unspecified atom stereocenters. The Morgan fingerprint density at radius 2 is 2.00 bits per heavy atom. The van der Waals surface area contributed by atoms with Crippen LogP contribution in [0.3, 0.4) is 0 Å². The van der Waals surface area contributed by atoms with E-state index in [-0.39, 0.29) is 0 Å². The summed E-state index contributed by atoms with van der Waals surface area (Å²) >= 11 is 6.20. The minimum absolute atomic E-state index is 0.693. The highest BCUT2D eigenvalue weighted by atomic mass is 35.5. The van der Waals surface area contributed by atoms with E-state index in [0.717, 1.165) is 27.9 Å². The van der Waals surface area contributed by atoms with E-state index in [1.807, 2.05) is 32.0 Å². The van der Waals surface area contributed by atoms with Gasteiger partial charge in [0.15, 0.2) is 0 Å². The molecule has 0 saturated carbocycles. The van der Waals surface area contributed by atoms with Gasteiger partial charge in [-0.25, -0.2) is 0 Å². The van der Waals surface area contributed by atoms with Gasteiger partial charge in [-0.3, -0.25) is 4.98 Å². The first-order chi connectivity index (χ1) is 7.13. The monoisotopic (exact) mass is 221 g/mol. The number of benzene rings is 1. The van der Waals surface area contributed by atoms with Crippen LogP contribution in [0.15, 0.2) is 18.2 Å². The molecule has 0 radical (unpaired) electrons. The summed E-state index contributed by atoms with van der Waals surface area (Å²) in [4.78, 5) is 4.48. The van der Waals surface area contributed by atoms with Gasteiger partial charge in [0.2, 0.25) is 0 Å². The standard InChI is InChI=1S/C12H12ClNO/c1-7-4-5-10(15-3)11-9(13)6-8(2)14-12(7)11/h4-6H,1-3H3. The molecule has 1 aromatic carbocycles. The van der Waals surface area contributed by atoms with Crippen molar-refractivity contribution in [1.29, 1.82) is 0 Å². The van der Waals surface area contributed by atoms with Crippen molar-refractivity contribution in [3.63, 3.8) is 0 Å². The number of fused-ring (bicyclic) bond motifs is 1. The average molecular weight is 222 g/mol. The van der Waals surface area contributed by atoms with E-state index in [4.69, 9.17) is 16.3 Å². The highest BCUT2D eigenvalue weighted by Gasteiger charge is 2.09. The van der Waals surface area contributed by atoms with Crippen LogP contribution in [0.25, 0.3) is 10.9 Å². The molecule has 0 spiro atoms. The van der Waals surface area contributed by atoms with E-state index in [2.05, 4.69) is 4.98 Å². The van der Waals surface area contributed by atoms with Crippen LogP contribution in [-0.2, 0) is 0 Å². The van der Waals surface area contributed by atoms with Crippen molar-refractivity contribution in [3.8, 4) is 5.75 Å². The summed E-state index contributed by atoms with van der Waals surface area (Å²) in [5.41, 5.74) is 2.94. The van der Waals surface area contributed by atoms with Gasteiger partial charge in [-0.15, -0.1) is 0 Å². The summed E-state index contributed by atoms with van der Waals surface area (Å²) in [5, 5.41) is 1.59. The summed E-state index contributed by atoms with van der Waals surface area (Å²) in [5.74, 6) is 0.771. The van der Waals surface area contributed by atoms with E-state index >= 15 is 0 Å². The number of hydrogen-bond donors (Lipinski definition) is 0. The minimum Gasteiger partial charge on any atom is -0.496 e. The molecule has 15 heavy (non-hydrogen) atoms. The van der Waals surface area contributed by atoms with E-state index in [9.17, 15) is 0 Å². The lowest BCUT2D eigenvalue weighted by Gasteiger charge is -2.09. The molecular formula is C12H12ClNO. The first-order valence-electron chi connectivity index (χ1n) is 4.74. The van der Waals surface area contributed by atoms with Crippen molar-refractivity contribution in [3.05, 3.63) is 34.5 Å². The van der Waals surface area contributed by atoms with Gasteiger partial charge in [-0.2, -0.15) is 0 Å². The first kappa shape index (κ1) is 10.2. The third-order valence-electron chi connectivity index (χ3n) is 2.42. The smallest absolute Gasteiger partial charge is 0.129 e. The Morgan fingerprint density at radius 3 is 2.67 bits per heavy atom. The number of aryl methyl sites for hydroxylation is 2. The maximum absolute atomic E-state index is 6.20. The Hall–Kier alpha value is -1.28. The maximum atomic E-state index is 6.20.